The first-order chi connectivity index (χ1) is 8.77. The van der Waals surface area contributed by atoms with E-state index in [1.54, 1.807) is 0 Å². The molecule has 1 heterocycles. The van der Waals surface area contributed by atoms with Crippen molar-refractivity contribution in [1.29, 1.82) is 0 Å². The normalized spacial score (nSPS) is 14.2. The SMILES string of the molecule is CC(C)CNCC/C=C/c1cccc2c1OCC2. The van der Waals surface area contributed by atoms with Gasteiger partial charge in [0.15, 0.2) is 0 Å². The lowest BCUT2D eigenvalue weighted by Gasteiger charge is -2.05. The van der Waals surface area contributed by atoms with Crippen molar-refractivity contribution >= 4 is 6.08 Å². The second-order valence-corrected chi connectivity index (χ2v) is 5.22. The summed E-state index contributed by atoms with van der Waals surface area (Å²) in [5, 5.41) is 3.44. The zero-order valence-corrected chi connectivity index (χ0v) is 11.4. The van der Waals surface area contributed by atoms with Crippen LogP contribution in [-0.2, 0) is 6.42 Å². The molecule has 0 fully saturated rings. The van der Waals surface area contributed by atoms with Gasteiger partial charge in [-0.25, -0.2) is 0 Å². The largest absolute Gasteiger partial charge is 0.492 e. The molecule has 0 saturated carbocycles. The molecule has 0 spiro atoms. The van der Waals surface area contributed by atoms with Crippen LogP contribution in [-0.4, -0.2) is 19.7 Å². The summed E-state index contributed by atoms with van der Waals surface area (Å²) >= 11 is 0. The number of hydrogen-bond donors (Lipinski definition) is 1. The molecule has 0 radical (unpaired) electrons. The zero-order chi connectivity index (χ0) is 12.8. The van der Waals surface area contributed by atoms with E-state index < -0.39 is 0 Å². The van der Waals surface area contributed by atoms with Crippen molar-refractivity contribution in [1.82, 2.24) is 5.32 Å². The first kappa shape index (κ1) is 13.2. The van der Waals surface area contributed by atoms with Gasteiger partial charge >= 0.3 is 0 Å². The topological polar surface area (TPSA) is 21.3 Å². The van der Waals surface area contributed by atoms with Crippen LogP contribution in [0.2, 0.25) is 0 Å². The summed E-state index contributed by atoms with van der Waals surface area (Å²) in [6.45, 7) is 7.43. The minimum Gasteiger partial charge on any atom is -0.492 e. The van der Waals surface area contributed by atoms with E-state index in [4.69, 9.17) is 4.74 Å². The van der Waals surface area contributed by atoms with Crippen molar-refractivity contribution in [2.75, 3.05) is 19.7 Å². The van der Waals surface area contributed by atoms with Gasteiger partial charge in [-0.2, -0.15) is 0 Å². The molecule has 1 aliphatic rings. The Bertz CT molecular complexity index is 410. The Morgan fingerprint density at radius 3 is 3.11 bits per heavy atom. The van der Waals surface area contributed by atoms with E-state index in [0.29, 0.717) is 0 Å². The summed E-state index contributed by atoms with van der Waals surface area (Å²) in [6.07, 6.45) is 6.52. The fraction of sp³-hybridized carbons (Fsp3) is 0.500. The van der Waals surface area contributed by atoms with E-state index in [1.807, 2.05) is 0 Å². The lowest BCUT2D eigenvalue weighted by atomic mass is 10.1. The Balaban J connectivity index is 1.81. The summed E-state index contributed by atoms with van der Waals surface area (Å²) in [7, 11) is 0. The van der Waals surface area contributed by atoms with E-state index in [0.717, 1.165) is 44.2 Å². The van der Waals surface area contributed by atoms with Gasteiger partial charge in [0.05, 0.1) is 6.61 Å². The highest BCUT2D eigenvalue weighted by atomic mass is 16.5. The van der Waals surface area contributed by atoms with Crippen LogP contribution < -0.4 is 10.1 Å². The second-order valence-electron chi connectivity index (χ2n) is 5.22. The molecule has 1 aliphatic heterocycles. The Morgan fingerprint density at radius 2 is 2.28 bits per heavy atom. The van der Waals surface area contributed by atoms with Crippen molar-refractivity contribution < 1.29 is 4.74 Å². The van der Waals surface area contributed by atoms with Crippen LogP contribution >= 0.6 is 0 Å². The van der Waals surface area contributed by atoms with E-state index in [1.165, 1.54) is 11.1 Å². The molecule has 0 unspecified atom stereocenters. The maximum atomic E-state index is 5.67. The number of ether oxygens (including phenoxy) is 1. The number of rotatable bonds is 6. The van der Waals surface area contributed by atoms with Gasteiger partial charge in [0.1, 0.15) is 5.75 Å². The molecule has 1 aromatic rings. The second kappa shape index (κ2) is 6.60. The average molecular weight is 245 g/mol. The van der Waals surface area contributed by atoms with Crippen molar-refractivity contribution in [3.05, 3.63) is 35.4 Å². The van der Waals surface area contributed by atoms with Gasteiger partial charge in [-0.15, -0.1) is 0 Å². The molecule has 0 atom stereocenters. The highest BCUT2D eigenvalue weighted by molar-refractivity contribution is 5.60. The van der Waals surface area contributed by atoms with Gasteiger partial charge in [0.2, 0.25) is 0 Å². The maximum Gasteiger partial charge on any atom is 0.129 e. The van der Waals surface area contributed by atoms with Gasteiger partial charge < -0.3 is 10.1 Å². The van der Waals surface area contributed by atoms with E-state index >= 15 is 0 Å². The predicted octanol–water partition coefficient (Wildman–Crippen LogP) is 3.27. The minimum absolute atomic E-state index is 0.722. The van der Waals surface area contributed by atoms with Crippen molar-refractivity contribution in [2.24, 2.45) is 5.92 Å². The average Bonchev–Trinajstić information content (AvgIpc) is 2.82. The van der Waals surface area contributed by atoms with Crippen LogP contribution in [0.15, 0.2) is 24.3 Å². The fourth-order valence-electron chi connectivity index (χ4n) is 2.16. The smallest absolute Gasteiger partial charge is 0.129 e. The molecule has 2 rings (SSSR count). The number of hydrogen-bond acceptors (Lipinski definition) is 2. The van der Waals surface area contributed by atoms with Crippen LogP contribution in [0, 0.1) is 5.92 Å². The van der Waals surface area contributed by atoms with E-state index in [2.05, 4.69) is 49.5 Å². The van der Waals surface area contributed by atoms with Gasteiger partial charge in [-0.1, -0.05) is 44.2 Å². The van der Waals surface area contributed by atoms with Crippen LogP contribution in [0.4, 0.5) is 0 Å². The standard InChI is InChI=1S/C16H23NO/c1-13(2)12-17-10-4-3-6-14-7-5-8-15-9-11-18-16(14)15/h3,5-8,13,17H,4,9-12H2,1-2H3/b6-3+. The summed E-state index contributed by atoms with van der Waals surface area (Å²) in [5.41, 5.74) is 2.56. The van der Waals surface area contributed by atoms with Crippen molar-refractivity contribution in [3.8, 4) is 5.75 Å². The first-order valence-corrected chi connectivity index (χ1v) is 6.89. The fourth-order valence-corrected chi connectivity index (χ4v) is 2.16. The molecular weight excluding hydrogens is 222 g/mol. The Morgan fingerprint density at radius 1 is 1.39 bits per heavy atom. The molecule has 2 nitrogen and oxygen atoms in total. The zero-order valence-electron chi connectivity index (χ0n) is 11.4. The van der Waals surface area contributed by atoms with Gasteiger partial charge in [-0.3, -0.25) is 0 Å². The van der Waals surface area contributed by atoms with Crippen molar-refractivity contribution in [2.45, 2.75) is 26.7 Å². The summed E-state index contributed by atoms with van der Waals surface area (Å²) in [6, 6.07) is 6.40. The van der Waals surface area contributed by atoms with E-state index in [9.17, 15) is 0 Å². The predicted molar refractivity (Wildman–Crippen MR) is 77.0 cm³/mol. The lowest BCUT2D eigenvalue weighted by molar-refractivity contribution is 0.356. The summed E-state index contributed by atoms with van der Waals surface area (Å²) in [5.74, 6) is 1.81. The first-order valence-electron chi connectivity index (χ1n) is 6.89. The molecule has 98 valence electrons. The molecule has 0 bridgehead atoms. The lowest BCUT2D eigenvalue weighted by Crippen LogP contribution is -2.20. The maximum absolute atomic E-state index is 5.67. The van der Waals surface area contributed by atoms with Crippen molar-refractivity contribution in [3.63, 3.8) is 0 Å². The minimum atomic E-state index is 0.722. The van der Waals surface area contributed by atoms with E-state index in [-0.39, 0.29) is 0 Å². The number of para-hydroxylation sites is 1. The molecule has 18 heavy (non-hydrogen) atoms. The highest BCUT2D eigenvalue weighted by Gasteiger charge is 2.13. The van der Waals surface area contributed by atoms with Crippen LogP contribution in [0.5, 0.6) is 5.75 Å². The van der Waals surface area contributed by atoms with Gasteiger partial charge in [-0.05, 0) is 31.0 Å². The van der Waals surface area contributed by atoms with Crippen LogP contribution in [0.1, 0.15) is 31.4 Å². The molecule has 2 heteroatoms. The highest BCUT2D eigenvalue weighted by Crippen LogP contribution is 2.30. The molecule has 1 N–H and O–H groups in total. The molecule has 0 aliphatic carbocycles. The Hall–Kier alpha value is -1.28. The quantitative estimate of drug-likeness (QED) is 0.777. The monoisotopic (exact) mass is 245 g/mol. The van der Waals surface area contributed by atoms with Gasteiger partial charge in [0.25, 0.3) is 0 Å². The third-order valence-electron chi connectivity index (χ3n) is 3.08. The molecule has 0 aromatic heterocycles. The molecule has 0 saturated heterocycles. The number of fused-ring (bicyclic) bond motifs is 1. The summed E-state index contributed by atoms with van der Waals surface area (Å²) < 4.78 is 5.67. The number of nitrogens with one attached hydrogen (secondary N) is 1. The third kappa shape index (κ3) is 3.61. The molecule has 1 aromatic carbocycles. The Labute approximate surface area is 110 Å². The van der Waals surface area contributed by atoms with Gasteiger partial charge in [0, 0.05) is 12.0 Å². The van der Waals surface area contributed by atoms with Crippen LogP contribution in [0.3, 0.4) is 0 Å². The Kier molecular flexibility index (Phi) is 4.82. The molecule has 0 amide bonds. The molecular formula is C16H23NO. The summed E-state index contributed by atoms with van der Waals surface area (Å²) in [4.78, 5) is 0. The third-order valence-corrected chi connectivity index (χ3v) is 3.08. The number of benzene rings is 1. The van der Waals surface area contributed by atoms with Crippen LogP contribution in [0.25, 0.3) is 6.08 Å².